The van der Waals surface area contributed by atoms with Gasteiger partial charge < -0.3 is 24.3 Å². The number of carboxylic acids is 1. The van der Waals surface area contributed by atoms with Crippen LogP contribution in [-0.2, 0) is 22.2 Å². The lowest BCUT2D eigenvalue weighted by molar-refractivity contribution is -0.139. The maximum atomic E-state index is 14.2. The van der Waals surface area contributed by atoms with Crippen molar-refractivity contribution in [2.75, 3.05) is 20.6 Å². The molecule has 252 valence electrons. The first kappa shape index (κ1) is 35.3. The highest BCUT2D eigenvalue weighted by atomic mass is 19.4. The number of fused-ring (bicyclic) bond motifs is 1. The molecule has 0 aliphatic heterocycles. The standard InChI is InChI=1S/C34H39F4N5O4/c1-19(2)11-28(43-18-22(7-9-41(5)6)26(15-29(43)44)34(36,37)38)33(47)40-27(16-30(45)46)23-14-25(32-39-8-10-42(32)17-23)31-20(3)12-24(35)13-21(31)4/h8,10,12-15,17-19,27-28H,7,9,11,16H2,1-6H3,(H,40,47)(H,45,46)/t27-,28-/m0/s1. The van der Waals surface area contributed by atoms with Gasteiger partial charge in [0.15, 0.2) is 0 Å². The van der Waals surface area contributed by atoms with Gasteiger partial charge in [-0.3, -0.25) is 14.4 Å². The van der Waals surface area contributed by atoms with Gasteiger partial charge in [-0.1, -0.05) is 13.8 Å². The average molecular weight is 658 g/mol. The van der Waals surface area contributed by atoms with Crippen molar-refractivity contribution in [3.8, 4) is 11.1 Å². The van der Waals surface area contributed by atoms with E-state index in [2.05, 4.69) is 10.3 Å². The molecule has 0 unspecified atom stereocenters. The Kier molecular flexibility index (Phi) is 10.6. The Balaban J connectivity index is 1.82. The monoisotopic (exact) mass is 657 g/mol. The summed E-state index contributed by atoms with van der Waals surface area (Å²) in [6.45, 7) is 7.39. The third-order valence-electron chi connectivity index (χ3n) is 8.00. The summed E-state index contributed by atoms with van der Waals surface area (Å²) in [6, 6.07) is 2.67. The fourth-order valence-electron chi connectivity index (χ4n) is 5.90. The van der Waals surface area contributed by atoms with Crippen LogP contribution in [0.2, 0.25) is 0 Å². The van der Waals surface area contributed by atoms with E-state index in [1.807, 2.05) is 13.8 Å². The largest absolute Gasteiger partial charge is 0.481 e. The normalized spacial score (nSPS) is 13.4. The molecule has 1 amide bonds. The molecule has 2 N–H and O–H groups in total. The second-order valence-corrected chi connectivity index (χ2v) is 12.6. The molecular weight excluding hydrogens is 618 g/mol. The van der Waals surface area contributed by atoms with Crippen LogP contribution in [0.3, 0.4) is 0 Å². The summed E-state index contributed by atoms with van der Waals surface area (Å²) >= 11 is 0. The molecule has 1 aromatic carbocycles. The molecule has 4 rings (SSSR count). The number of halogens is 4. The topological polar surface area (TPSA) is 109 Å². The van der Waals surface area contributed by atoms with Crippen molar-refractivity contribution in [2.24, 2.45) is 5.92 Å². The van der Waals surface area contributed by atoms with E-state index in [9.17, 15) is 37.1 Å². The van der Waals surface area contributed by atoms with E-state index >= 15 is 0 Å². The zero-order valence-electron chi connectivity index (χ0n) is 27.2. The van der Waals surface area contributed by atoms with E-state index in [0.717, 1.165) is 10.8 Å². The van der Waals surface area contributed by atoms with Gasteiger partial charge >= 0.3 is 12.1 Å². The minimum absolute atomic E-state index is 0.0182. The van der Waals surface area contributed by atoms with Crippen LogP contribution < -0.4 is 10.9 Å². The number of aromatic nitrogens is 3. The SMILES string of the molecule is Cc1cc(F)cc(C)c1-c1cc([C@H](CC(=O)O)NC(=O)[C@H](CC(C)C)n2cc(CCN(C)C)c(C(F)(F)F)cc2=O)cn2ccnc12. The molecule has 0 fully saturated rings. The number of likely N-dealkylation sites (N-methyl/N-ethyl adjacent to an activating group) is 1. The number of hydrogen-bond donors (Lipinski definition) is 2. The minimum Gasteiger partial charge on any atom is -0.481 e. The molecule has 0 bridgehead atoms. The minimum atomic E-state index is -4.77. The first-order valence-corrected chi connectivity index (χ1v) is 15.2. The summed E-state index contributed by atoms with van der Waals surface area (Å²) in [5.74, 6) is -2.49. The van der Waals surface area contributed by atoms with Crippen molar-refractivity contribution in [1.29, 1.82) is 0 Å². The summed E-state index contributed by atoms with van der Waals surface area (Å²) in [6.07, 6.45) is 0.738. The van der Waals surface area contributed by atoms with Gasteiger partial charge in [-0.05, 0) is 92.7 Å². The van der Waals surface area contributed by atoms with E-state index in [1.54, 1.807) is 61.9 Å². The van der Waals surface area contributed by atoms with Crippen LogP contribution in [0.15, 0.2) is 53.8 Å². The number of rotatable bonds is 12. The second-order valence-electron chi connectivity index (χ2n) is 12.6. The van der Waals surface area contributed by atoms with Gasteiger partial charge in [-0.2, -0.15) is 13.2 Å². The number of nitrogens with one attached hydrogen (secondary N) is 1. The van der Waals surface area contributed by atoms with Gasteiger partial charge in [0.1, 0.15) is 17.5 Å². The maximum Gasteiger partial charge on any atom is 0.416 e. The Morgan fingerprint density at radius 3 is 2.30 bits per heavy atom. The van der Waals surface area contributed by atoms with Gasteiger partial charge in [-0.25, -0.2) is 9.37 Å². The molecule has 4 aromatic rings. The fourth-order valence-corrected chi connectivity index (χ4v) is 5.90. The van der Waals surface area contributed by atoms with E-state index in [0.29, 0.717) is 39.5 Å². The quantitative estimate of drug-likeness (QED) is 0.182. The molecule has 13 heteroatoms. The summed E-state index contributed by atoms with van der Waals surface area (Å²) in [4.78, 5) is 45.4. The van der Waals surface area contributed by atoms with Crippen LogP contribution in [0.4, 0.5) is 17.6 Å². The molecule has 0 aliphatic rings. The molecule has 0 saturated heterocycles. The number of carbonyl (C=O) groups excluding carboxylic acids is 1. The van der Waals surface area contributed by atoms with Crippen LogP contribution in [0.5, 0.6) is 0 Å². The Morgan fingerprint density at radius 1 is 1.06 bits per heavy atom. The van der Waals surface area contributed by atoms with Crippen LogP contribution >= 0.6 is 0 Å². The molecule has 0 radical (unpaired) electrons. The molecule has 0 aliphatic carbocycles. The van der Waals surface area contributed by atoms with Crippen LogP contribution in [0, 0.1) is 25.6 Å². The smallest absolute Gasteiger partial charge is 0.416 e. The second kappa shape index (κ2) is 14.1. The van der Waals surface area contributed by atoms with Crippen LogP contribution in [0.1, 0.15) is 66.6 Å². The van der Waals surface area contributed by atoms with Gasteiger partial charge in [-0.15, -0.1) is 0 Å². The maximum absolute atomic E-state index is 14.2. The average Bonchev–Trinajstić information content (AvgIpc) is 3.42. The van der Waals surface area contributed by atoms with E-state index in [1.165, 1.54) is 12.1 Å². The number of alkyl halides is 3. The van der Waals surface area contributed by atoms with Crippen molar-refractivity contribution < 1.29 is 32.3 Å². The van der Waals surface area contributed by atoms with Crippen molar-refractivity contribution in [3.05, 3.63) is 93.0 Å². The third kappa shape index (κ3) is 8.26. The Morgan fingerprint density at radius 2 is 1.72 bits per heavy atom. The molecule has 47 heavy (non-hydrogen) atoms. The van der Waals surface area contributed by atoms with Gasteiger partial charge in [0, 0.05) is 43.0 Å². The van der Waals surface area contributed by atoms with Gasteiger partial charge in [0.25, 0.3) is 5.56 Å². The molecular formula is C34H39F4N5O4. The number of carbonyl (C=O) groups is 2. The zero-order valence-corrected chi connectivity index (χ0v) is 27.2. The van der Waals surface area contributed by atoms with Crippen LogP contribution in [0.25, 0.3) is 16.8 Å². The summed E-state index contributed by atoms with van der Waals surface area (Å²) < 4.78 is 58.6. The molecule has 0 saturated carbocycles. The lowest BCUT2D eigenvalue weighted by atomic mass is 9.93. The highest BCUT2D eigenvalue weighted by Gasteiger charge is 2.36. The Bertz CT molecular complexity index is 1820. The Labute approximate surface area is 269 Å². The lowest BCUT2D eigenvalue weighted by Crippen LogP contribution is -2.40. The van der Waals surface area contributed by atoms with Crippen LogP contribution in [-0.4, -0.2) is 56.5 Å². The highest BCUT2D eigenvalue weighted by Crippen LogP contribution is 2.35. The lowest BCUT2D eigenvalue weighted by Gasteiger charge is -2.26. The van der Waals surface area contributed by atoms with Crippen molar-refractivity contribution in [1.82, 2.24) is 24.2 Å². The zero-order chi connectivity index (χ0) is 34.8. The van der Waals surface area contributed by atoms with E-state index in [4.69, 9.17) is 0 Å². The van der Waals surface area contributed by atoms with Crippen molar-refractivity contribution in [2.45, 2.75) is 65.2 Å². The molecule has 2 atom stereocenters. The number of carboxylic acid groups (broad SMARTS) is 1. The summed E-state index contributed by atoms with van der Waals surface area (Å²) in [5.41, 5.74) is 1.31. The number of nitrogens with zero attached hydrogens (tertiary/aromatic N) is 4. The Hall–Kier alpha value is -4.52. The number of aliphatic carboxylic acids is 1. The summed E-state index contributed by atoms with van der Waals surface area (Å²) in [5, 5.41) is 12.6. The molecule has 3 heterocycles. The molecule has 0 spiro atoms. The van der Waals surface area contributed by atoms with Crippen molar-refractivity contribution in [3.63, 3.8) is 0 Å². The van der Waals surface area contributed by atoms with E-state index in [-0.39, 0.29) is 30.9 Å². The summed E-state index contributed by atoms with van der Waals surface area (Å²) in [7, 11) is 3.43. The number of imidazole rings is 1. The molecule has 9 nitrogen and oxygen atoms in total. The number of amides is 1. The third-order valence-corrected chi connectivity index (χ3v) is 8.00. The number of hydrogen-bond acceptors (Lipinski definition) is 5. The first-order chi connectivity index (χ1) is 22.0. The fraction of sp³-hybridized carbons (Fsp3) is 0.412. The predicted molar refractivity (Wildman–Crippen MR) is 170 cm³/mol. The first-order valence-electron chi connectivity index (χ1n) is 15.2. The number of aryl methyl sites for hydroxylation is 2. The number of pyridine rings is 2. The van der Waals surface area contributed by atoms with Crippen molar-refractivity contribution >= 4 is 17.5 Å². The molecule has 3 aromatic heterocycles. The highest BCUT2D eigenvalue weighted by molar-refractivity contribution is 5.84. The predicted octanol–water partition coefficient (Wildman–Crippen LogP) is 5.96. The van der Waals surface area contributed by atoms with Gasteiger partial charge in [0.05, 0.1) is 18.0 Å². The van der Waals surface area contributed by atoms with Gasteiger partial charge in [0.2, 0.25) is 5.91 Å². The van der Waals surface area contributed by atoms with E-state index < -0.39 is 53.5 Å². The number of benzene rings is 1.